The molecule has 0 bridgehead atoms. The predicted molar refractivity (Wildman–Crippen MR) is 128 cm³/mol. The number of nitrogens with zero attached hydrogens (tertiary/aromatic N) is 2. The van der Waals surface area contributed by atoms with Crippen molar-refractivity contribution in [1.82, 2.24) is 9.47 Å². The lowest BCUT2D eigenvalue weighted by Gasteiger charge is -2.30. The highest BCUT2D eigenvalue weighted by Gasteiger charge is 2.22. The number of aromatic nitrogens is 1. The molecule has 6 nitrogen and oxygen atoms in total. The van der Waals surface area contributed by atoms with Crippen molar-refractivity contribution < 1.29 is 13.9 Å². The van der Waals surface area contributed by atoms with Crippen molar-refractivity contribution in [1.29, 1.82) is 0 Å². The number of rotatable bonds is 9. The minimum Gasteiger partial charge on any atom is -0.496 e. The standard InChI is InChI=1S/C27H28N2O4/c1-20(18-22-12-6-8-14-24(22)32-2)29(19-21-10-4-3-5-11-21)26(30)16-17-28-23-13-7-9-15-25(23)33-27(28)31/h3-15,20H,16-19H2,1-2H3/t20-/m1/s1. The van der Waals surface area contributed by atoms with Gasteiger partial charge in [-0.05, 0) is 42.7 Å². The van der Waals surface area contributed by atoms with Gasteiger partial charge in [-0.25, -0.2) is 4.79 Å². The molecule has 0 saturated heterocycles. The summed E-state index contributed by atoms with van der Waals surface area (Å²) >= 11 is 0. The van der Waals surface area contributed by atoms with Crippen molar-refractivity contribution in [2.45, 2.75) is 38.9 Å². The van der Waals surface area contributed by atoms with E-state index in [0.29, 0.717) is 24.1 Å². The van der Waals surface area contributed by atoms with E-state index in [-0.39, 0.29) is 24.9 Å². The van der Waals surface area contributed by atoms with Crippen molar-refractivity contribution in [3.8, 4) is 5.75 Å². The van der Waals surface area contributed by atoms with Crippen LogP contribution in [0.25, 0.3) is 11.1 Å². The van der Waals surface area contributed by atoms with Crippen molar-refractivity contribution >= 4 is 17.0 Å². The summed E-state index contributed by atoms with van der Waals surface area (Å²) in [7, 11) is 1.66. The number of methoxy groups -OCH3 is 1. The van der Waals surface area contributed by atoms with Gasteiger partial charge in [0.1, 0.15) is 5.75 Å². The van der Waals surface area contributed by atoms with Crippen LogP contribution in [0.2, 0.25) is 0 Å². The molecule has 0 radical (unpaired) electrons. The van der Waals surface area contributed by atoms with E-state index < -0.39 is 5.76 Å². The summed E-state index contributed by atoms with van der Waals surface area (Å²) in [6, 6.07) is 25.0. The quantitative estimate of drug-likeness (QED) is 0.377. The summed E-state index contributed by atoms with van der Waals surface area (Å²) < 4.78 is 12.3. The van der Waals surface area contributed by atoms with Crippen LogP contribution in [0.5, 0.6) is 5.75 Å². The van der Waals surface area contributed by atoms with Crippen LogP contribution in [0.15, 0.2) is 88.1 Å². The number of amides is 1. The Labute approximate surface area is 193 Å². The van der Waals surface area contributed by atoms with Crippen molar-refractivity contribution in [3.63, 3.8) is 0 Å². The van der Waals surface area contributed by atoms with Crippen molar-refractivity contribution in [2.24, 2.45) is 0 Å². The molecule has 0 N–H and O–H groups in total. The summed E-state index contributed by atoms with van der Waals surface area (Å²) in [6.45, 7) is 2.81. The third kappa shape index (κ3) is 5.17. The van der Waals surface area contributed by atoms with E-state index in [1.165, 1.54) is 4.57 Å². The van der Waals surface area contributed by atoms with Gasteiger partial charge in [0, 0.05) is 25.6 Å². The number of benzene rings is 3. The molecule has 1 amide bonds. The number of hydrogen-bond acceptors (Lipinski definition) is 4. The number of aryl methyl sites for hydroxylation is 1. The topological polar surface area (TPSA) is 64.7 Å². The Morgan fingerprint density at radius 1 is 1.00 bits per heavy atom. The second kappa shape index (κ2) is 10.2. The summed E-state index contributed by atoms with van der Waals surface area (Å²) in [4.78, 5) is 27.6. The number of oxazole rings is 1. The molecule has 3 aromatic carbocycles. The molecule has 0 aliphatic rings. The molecule has 1 aromatic heterocycles. The SMILES string of the molecule is COc1ccccc1C[C@@H](C)N(Cc1ccccc1)C(=O)CCn1c(=O)oc2ccccc21. The zero-order chi connectivity index (χ0) is 23.2. The van der Waals surface area contributed by atoms with Gasteiger partial charge in [-0.3, -0.25) is 9.36 Å². The van der Waals surface area contributed by atoms with Crippen LogP contribution >= 0.6 is 0 Å². The van der Waals surface area contributed by atoms with Crippen LogP contribution in [-0.4, -0.2) is 28.5 Å². The van der Waals surface area contributed by atoms with E-state index in [0.717, 1.165) is 16.9 Å². The highest BCUT2D eigenvalue weighted by Crippen LogP contribution is 2.22. The van der Waals surface area contributed by atoms with E-state index in [4.69, 9.17) is 9.15 Å². The summed E-state index contributed by atoms with van der Waals surface area (Å²) in [5.74, 6) is 0.354. The molecule has 0 aliphatic heterocycles. The van der Waals surface area contributed by atoms with E-state index in [9.17, 15) is 9.59 Å². The van der Waals surface area contributed by atoms with Crippen molar-refractivity contribution in [3.05, 3.63) is 101 Å². The third-order valence-corrected chi connectivity index (χ3v) is 5.88. The normalized spacial score (nSPS) is 11.9. The molecule has 33 heavy (non-hydrogen) atoms. The van der Waals surface area contributed by atoms with Crippen LogP contribution in [0.4, 0.5) is 0 Å². The lowest BCUT2D eigenvalue weighted by atomic mass is 10.0. The van der Waals surface area contributed by atoms with Gasteiger partial charge in [-0.15, -0.1) is 0 Å². The maximum absolute atomic E-state index is 13.4. The Morgan fingerprint density at radius 2 is 1.70 bits per heavy atom. The van der Waals surface area contributed by atoms with E-state index >= 15 is 0 Å². The number of carbonyl (C=O) groups is 1. The van der Waals surface area contributed by atoms with E-state index in [2.05, 4.69) is 0 Å². The largest absolute Gasteiger partial charge is 0.496 e. The number of para-hydroxylation sites is 3. The number of hydrogen-bond donors (Lipinski definition) is 0. The second-order valence-electron chi connectivity index (χ2n) is 8.11. The van der Waals surface area contributed by atoms with Gasteiger partial charge in [-0.1, -0.05) is 60.7 Å². The molecule has 4 aromatic rings. The Hall–Kier alpha value is -3.80. The van der Waals surface area contributed by atoms with Crippen LogP contribution in [-0.2, 0) is 24.3 Å². The fourth-order valence-corrected chi connectivity index (χ4v) is 4.15. The Morgan fingerprint density at radius 3 is 2.48 bits per heavy atom. The number of carbonyl (C=O) groups excluding carboxylic acids is 1. The first-order valence-corrected chi connectivity index (χ1v) is 11.1. The monoisotopic (exact) mass is 444 g/mol. The Balaban J connectivity index is 1.55. The molecular formula is C27H28N2O4. The molecule has 170 valence electrons. The predicted octanol–water partition coefficient (Wildman–Crippen LogP) is 4.65. The first-order chi connectivity index (χ1) is 16.1. The highest BCUT2D eigenvalue weighted by atomic mass is 16.5. The van der Waals surface area contributed by atoms with Crippen molar-refractivity contribution in [2.75, 3.05) is 7.11 Å². The first-order valence-electron chi connectivity index (χ1n) is 11.1. The number of fused-ring (bicyclic) bond motifs is 1. The summed E-state index contributed by atoms with van der Waals surface area (Å²) in [5, 5.41) is 0. The molecule has 0 unspecified atom stereocenters. The molecule has 0 aliphatic carbocycles. The third-order valence-electron chi connectivity index (χ3n) is 5.88. The van der Waals surface area contributed by atoms with Crippen LogP contribution < -0.4 is 10.5 Å². The summed E-state index contributed by atoms with van der Waals surface area (Å²) in [5.41, 5.74) is 3.34. The Bertz CT molecular complexity index is 1280. The van der Waals surface area contributed by atoms with Gasteiger partial charge < -0.3 is 14.1 Å². The van der Waals surface area contributed by atoms with Crippen LogP contribution in [0.1, 0.15) is 24.5 Å². The molecule has 0 fully saturated rings. The average molecular weight is 445 g/mol. The minimum atomic E-state index is -0.444. The van der Waals surface area contributed by atoms with Gasteiger partial charge in [0.05, 0.1) is 12.6 Å². The van der Waals surface area contributed by atoms with E-state index in [1.54, 1.807) is 13.2 Å². The van der Waals surface area contributed by atoms with Crippen LogP contribution in [0.3, 0.4) is 0 Å². The van der Waals surface area contributed by atoms with Gasteiger partial charge in [-0.2, -0.15) is 0 Å². The van der Waals surface area contributed by atoms with Gasteiger partial charge in [0.15, 0.2) is 5.58 Å². The molecular weight excluding hydrogens is 416 g/mol. The molecule has 1 heterocycles. The fourth-order valence-electron chi connectivity index (χ4n) is 4.15. The minimum absolute atomic E-state index is 0.0153. The lowest BCUT2D eigenvalue weighted by Crippen LogP contribution is -2.40. The lowest BCUT2D eigenvalue weighted by molar-refractivity contribution is -0.134. The van der Waals surface area contributed by atoms with E-state index in [1.807, 2.05) is 84.6 Å². The van der Waals surface area contributed by atoms with Gasteiger partial charge in [0.25, 0.3) is 0 Å². The molecule has 1 atom stereocenters. The molecule has 4 rings (SSSR count). The fraction of sp³-hybridized carbons (Fsp3) is 0.259. The van der Waals surface area contributed by atoms with Gasteiger partial charge in [0.2, 0.25) is 5.91 Å². The number of ether oxygens (including phenoxy) is 1. The summed E-state index contributed by atoms with van der Waals surface area (Å²) in [6.07, 6.45) is 0.865. The smallest absolute Gasteiger partial charge is 0.419 e. The molecule has 0 spiro atoms. The highest BCUT2D eigenvalue weighted by molar-refractivity contribution is 5.77. The van der Waals surface area contributed by atoms with Crippen LogP contribution in [0, 0.1) is 0 Å². The second-order valence-corrected chi connectivity index (χ2v) is 8.11. The first kappa shape index (κ1) is 22.4. The zero-order valence-corrected chi connectivity index (χ0v) is 18.9. The Kier molecular flexibility index (Phi) is 6.93. The molecule has 0 saturated carbocycles. The van der Waals surface area contributed by atoms with Gasteiger partial charge >= 0.3 is 5.76 Å². The average Bonchev–Trinajstić information content (AvgIpc) is 3.16. The maximum Gasteiger partial charge on any atom is 0.419 e. The maximum atomic E-state index is 13.4. The molecule has 6 heteroatoms. The zero-order valence-electron chi connectivity index (χ0n) is 18.9.